The first kappa shape index (κ1) is 44.4. The summed E-state index contributed by atoms with van der Waals surface area (Å²) in [4.78, 5) is 5.18. The van der Waals surface area contributed by atoms with Gasteiger partial charge in [-0.05, 0) is 154 Å². The van der Waals surface area contributed by atoms with E-state index in [1.54, 1.807) is 0 Å². The Kier molecular flexibility index (Phi) is 10.7. The second kappa shape index (κ2) is 17.3. The molecule has 0 saturated heterocycles. The maximum atomic E-state index is 10.9. The van der Waals surface area contributed by atoms with E-state index in [1.165, 1.54) is 66.8 Å². The summed E-state index contributed by atoms with van der Waals surface area (Å²) in [6, 6.07) is 65.3. The van der Waals surface area contributed by atoms with Crippen LogP contribution in [0.1, 0.15) is 50.1 Å². The topological polar surface area (TPSA) is 46.5 Å². The van der Waals surface area contributed by atoms with Gasteiger partial charge in [-0.15, -0.1) is 0 Å². The highest BCUT2D eigenvalue weighted by molar-refractivity contribution is 6.14. The molecule has 3 heterocycles. The fourth-order valence-electron chi connectivity index (χ4n) is 11.7. The molecular weight excluding hydrogens is 873 g/mol. The van der Waals surface area contributed by atoms with Gasteiger partial charge >= 0.3 is 0 Å². The molecular formula is C68H54N4. The number of benzene rings is 9. The summed E-state index contributed by atoms with van der Waals surface area (Å²) < 4.78 is 4.76. The maximum Gasteiger partial charge on any atom is 0.0998 e. The Morgan fingerprint density at radius 3 is 0.917 bits per heavy atom. The Labute approximate surface area is 421 Å². The second-order valence-corrected chi connectivity index (χ2v) is 20.3. The Morgan fingerprint density at radius 1 is 0.333 bits per heavy atom. The van der Waals surface area contributed by atoms with Crippen molar-refractivity contribution in [3.05, 3.63) is 232 Å². The van der Waals surface area contributed by atoms with Crippen LogP contribution in [0.25, 0.3) is 111 Å². The van der Waals surface area contributed by atoms with E-state index < -0.39 is 0 Å². The predicted molar refractivity (Wildman–Crippen MR) is 303 cm³/mol. The summed E-state index contributed by atoms with van der Waals surface area (Å²) in [6.45, 7) is 17.4. The Morgan fingerprint density at radius 2 is 0.625 bits per heavy atom. The van der Waals surface area contributed by atoms with Gasteiger partial charge in [0, 0.05) is 32.7 Å². The minimum Gasteiger partial charge on any atom is -0.307 e. The molecule has 9 aromatic carbocycles. The van der Waals surface area contributed by atoms with Crippen molar-refractivity contribution in [2.75, 3.05) is 0 Å². The molecule has 0 bridgehead atoms. The van der Waals surface area contributed by atoms with E-state index in [0.29, 0.717) is 5.56 Å². The van der Waals surface area contributed by atoms with Gasteiger partial charge in [-0.3, -0.25) is 4.98 Å². The number of aryl methyl sites for hydroxylation is 8. The third-order valence-electron chi connectivity index (χ3n) is 14.5. The van der Waals surface area contributed by atoms with Crippen LogP contribution in [-0.2, 0) is 0 Å². The standard InChI is InChI=1S/C68H54N4/c1-40-21-41(2)26-53(25-40)48-13-17-62-58(33-48)59-34-49(54-27-42(3)22-43(4)28-54)14-18-63(59)71(62)66-38-70-39-67(68(66)57-12-10-9-11-52(57)37-69)72-64-19-15-50(55-29-44(5)23-45(6)30-55)35-60(64)61-36-51(16-20-65(61)72)56-31-46(7)24-47(8)32-56/h9-36,38-39H,1-8H3. The summed E-state index contributed by atoms with van der Waals surface area (Å²) in [5.41, 5.74) is 27.7. The van der Waals surface area contributed by atoms with Crippen LogP contribution in [0.15, 0.2) is 182 Å². The number of hydrogen-bond acceptors (Lipinski definition) is 2. The van der Waals surface area contributed by atoms with E-state index in [1.807, 2.05) is 30.6 Å². The first-order valence-electron chi connectivity index (χ1n) is 24.9. The smallest absolute Gasteiger partial charge is 0.0998 e. The molecule has 4 nitrogen and oxygen atoms in total. The number of pyridine rings is 1. The third kappa shape index (κ3) is 7.66. The zero-order chi connectivity index (χ0) is 49.5. The van der Waals surface area contributed by atoms with E-state index in [0.717, 1.165) is 88.4 Å². The lowest BCUT2D eigenvalue weighted by Gasteiger charge is -2.20. The van der Waals surface area contributed by atoms with Gasteiger partial charge in [0.25, 0.3) is 0 Å². The molecule has 346 valence electrons. The average molecular weight is 927 g/mol. The summed E-state index contributed by atoms with van der Waals surface area (Å²) in [5, 5.41) is 15.5. The van der Waals surface area contributed by atoms with Gasteiger partial charge in [0.2, 0.25) is 0 Å². The molecule has 0 saturated carbocycles. The van der Waals surface area contributed by atoms with Crippen LogP contribution in [0.3, 0.4) is 0 Å². The van der Waals surface area contributed by atoms with E-state index in [4.69, 9.17) is 4.98 Å². The molecule has 4 heteroatoms. The highest BCUT2D eigenvalue weighted by Crippen LogP contribution is 2.45. The van der Waals surface area contributed by atoms with Gasteiger partial charge in [0.1, 0.15) is 0 Å². The number of hydrogen-bond donors (Lipinski definition) is 0. The number of aromatic nitrogens is 3. The molecule has 0 aliphatic carbocycles. The van der Waals surface area contributed by atoms with Crippen molar-refractivity contribution in [2.24, 2.45) is 0 Å². The quantitative estimate of drug-likeness (QED) is 0.160. The number of nitriles is 1. The van der Waals surface area contributed by atoms with Gasteiger partial charge in [-0.2, -0.15) is 5.26 Å². The van der Waals surface area contributed by atoms with Gasteiger partial charge in [-0.1, -0.05) is 160 Å². The average Bonchev–Trinajstić information content (AvgIpc) is 3.86. The van der Waals surface area contributed by atoms with Gasteiger partial charge < -0.3 is 9.13 Å². The molecule has 72 heavy (non-hydrogen) atoms. The lowest BCUT2D eigenvalue weighted by atomic mass is 9.97. The summed E-state index contributed by atoms with van der Waals surface area (Å²) >= 11 is 0. The minimum absolute atomic E-state index is 0.594. The van der Waals surface area contributed by atoms with Crippen LogP contribution in [0.2, 0.25) is 0 Å². The van der Waals surface area contributed by atoms with Crippen molar-refractivity contribution in [3.8, 4) is 73.1 Å². The molecule has 0 aliphatic rings. The monoisotopic (exact) mass is 926 g/mol. The molecule has 12 aromatic rings. The molecule has 0 aliphatic heterocycles. The summed E-state index contributed by atoms with van der Waals surface area (Å²) in [6.07, 6.45) is 3.98. The van der Waals surface area contributed by atoms with Crippen LogP contribution in [0.4, 0.5) is 0 Å². The highest BCUT2D eigenvalue weighted by atomic mass is 15.0. The van der Waals surface area contributed by atoms with Crippen molar-refractivity contribution < 1.29 is 0 Å². The lowest BCUT2D eigenvalue weighted by molar-refractivity contribution is 1.09. The number of nitrogens with zero attached hydrogens (tertiary/aromatic N) is 4. The van der Waals surface area contributed by atoms with Crippen LogP contribution in [-0.4, -0.2) is 14.1 Å². The van der Waals surface area contributed by atoms with E-state index in [9.17, 15) is 5.26 Å². The summed E-state index contributed by atoms with van der Waals surface area (Å²) in [5.74, 6) is 0. The van der Waals surface area contributed by atoms with Crippen molar-refractivity contribution in [1.29, 1.82) is 5.26 Å². The first-order chi connectivity index (χ1) is 34.9. The molecule has 0 fully saturated rings. The molecule has 0 N–H and O–H groups in total. The lowest BCUT2D eigenvalue weighted by Crippen LogP contribution is -2.05. The zero-order valence-corrected chi connectivity index (χ0v) is 42.1. The van der Waals surface area contributed by atoms with Gasteiger partial charge in [0.05, 0.1) is 57.5 Å². The van der Waals surface area contributed by atoms with Crippen molar-refractivity contribution in [2.45, 2.75) is 55.4 Å². The normalized spacial score (nSPS) is 11.6. The minimum atomic E-state index is 0.594. The molecule has 0 amide bonds. The van der Waals surface area contributed by atoms with E-state index in [-0.39, 0.29) is 0 Å². The molecule has 3 aromatic heterocycles. The highest BCUT2D eigenvalue weighted by Gasteiger charge is 2.25. The third-order valence-corrected chi connectivity index (χ3v) is 14.5. The number of fused-ring (bicyclic) bond motifs is 6. The molecule has 0 atom stereocenters. The maximum absolute atomic E-state index is 10.9. The predicted octanol–water partition coefficient (Wildman–Crippen LogP) is 17.9. The Balaban J connectivity index is 1.18. The van der Waals surface area contributed by atoms with Crippen molar-refractivity contribution in [3.63, 3.8) is 0 Å². The molecule has 0 spiro atoms. The Bertz CT molecular complexity index is 3720. The zero-order valence-electron chi connectivity index (χ0n) is 42.1. The van der Waals surface area contributed by atoms with Crippen molar-refractivity contribution in [1.82, 2.24) is 14.1 Å². The van der Waals surface area contributed by atoms with Gasteiger partial charge in [-0.25, -0.2) is 0 Å². The van der Waals surface area contributed by atoms with E-state index in [2.05, 4.69) is 222 Å². The Hall–Kier alpha value is -8.78. The first-order valence-corrected chi connectivity index (χ1v) is 24.9. The van der Waals surface area contributed by atoms with Crippen LogP contribution in [0, 0.1) is 66.7 Å². The molecule has 0 unspecified atom stereocenters. The molecule has 12 rings (SSSR count). The fraction of sp³-hybridized carbons (Fsp3) is 0.118. The fourth-order valence-corrected chi connectivity index (χ4v) is 11.7. The van der Waals surface area contributed by atoms with Crippen LogP contribution < -0.4 is 0 Å². The van der Waals surface area contributed by atoms with Gasteiger partial charge in [0.15, 0.2) is 0 Å². The number of rotatable bonds is 7. The van der Waals surface area contributed by atoms with Crippen molar-refractivity contribution >= 4 is 43.6 Å². The SMILES string of the molecule is Cc1cc(C)cc(-c2ccc3c(c2)c2cc(-c4cc(C)cc(C)c4)ccc2n3-c2cncc(-n3c4ccc(-c5cc(C)cc(C)c5)cc4c4cc(-c5cc(C)cc(C)c5)ccc43)c2-c2ccccc2C#N)c1. The molecule has 0 radical (unpaired) electrons. The largest absolute Gasteiger partial charge is 0.307 e. The van der Waals surface area contributed by atoms with E-state index >= 15 is 0 Å². The second-order valence-electron chi connectivity index (χ2n) is 20.3. The summed E-state index contributed by atoms with van der Waals surface area (Å²) in [7, 11) is 0. The van der Waals surface area contributed by atoms with Crippen LogP contribution in [0.5, 0.6) is 0 Å². The van der Waals surface area contributed by atoms with Crippen LogP contribution >= 0.6 is 0 Å².